The van der Waals surface area contributed by atoms with Crippen molar-refractivity contribution in [2.45, 2.75) is 20.3 Å². The molecule has 0 bridgehead atoms. The summed E-state index contributed by atoms with van der Waals surface area (Å²) in [5.41, 5.74) is 3.16. The second kappa shape index (κ2) is 6.14. The molecule has 5 nitrogen and oxygen atoms in total. The van der Waals surface area contributed by atoms with Crippen molar-refractivity contribution < 1.29 is 4.79 Å². The molecule has 2 N–H and O–H groups in total. The Bertz CT molecular complexity index is 603. The Morgan fingerprint density at radius 3 is 2.70 bits per heavy atom. The Hall–Kier alpha value is -2.43. The van der Waals surface area contributed by atoms with Crippen molar-refractivity contribution in [1.29, 1.82) is 0 Å². The maximum atomic E-state index is 12.3. The van der Waals surface area contributed by atoms with Crippen LogP contribution in [0, 0.1) is 6.92 Å². The van der Waals surface area contributed by atoms with E-state index in [1.54, 1.807) is 31.6 Å². The molecule has 2 rings (SSSR count). The normalized spacial score (nSPS) is 10.2. The highest BCUT2D eigenvalue weighted by molar-refractivity contribution is 6.04. The second-order valence-corrected chi connectivity index (χ2v) is 4.54. The maximum Gasteiger partial charge on any atom is 0.255 e. The number of rotatable bonds is 4. The van der Waals surface area contributed by atoms with E-state index in [-0.39, 0.29) is 5.91 Å². The third-order valence-electron chi connectivity index (χ3n) is 2.89. The summed E-state index contributed by atoms with van der Waals surface area (Å²) in [6.07, 6.45) is 4.16. The second-order valence-electron chi connectivity index (χ2n) is 4.54. The van der Waals surface area contributed by atoms with Gasteiger partial charge in [0.1, 0.15) is 5.82 Å². The van der Waals surface area contributed by atoms with Gasteiger partial charge >= 0.3 is 0 Å². The number of carbonyl (C=O) groups is 1. The third kappa shape index (κ3) is 3.32. The van der Waals surface area contributed by atoms with Crippen LogP contribution in [0.5, 0.6) is 0 Å². The van der Waals surface area contributed by atoms with Crippen LogP contribution in [0.3, 0.4) is 0 Å². The number of pyridine rings is 2. The van der Waals surface area contributed by atoms with E-state index < -0.39 is 0 Å². The number of hydrogen-bond acceptors (Lipinski definition) is 4. The smallest absolute Gasteiger partial charge is 0.255 e. The zero-order valence-corrected chi connectivity index (χ0v) is 11.9. The van der Waals surface area contributed by atoms with Crippen molar-refractivity contribution in [2.75, 3.05) is 17.7 Å². The molecular weight excluding hydrogens is 252 g/mol. The number of amides is 1. The van der Waals surface area contributed by atoms with Crippen LogP contribution < -0.4 is 10.6 Å². The fourth-order valence-corrected chi connectivity index (χ4v) is 1.85. The number of hydrogen-bond donors (Lipinski definition) is 2. The summed E-state index contributed by atoms with van der Waals surface area (Å²) in [6, 6.07) is 5.42. The van der Waals surface area contributed by atoms with Crippen LogP contribution in [-0.4, -0.2) is 22.9 Å². The van der Waals surface area contributed by atoms with Crippen LogP contribution in [0.15, 0.2) is 30.6 Å². The SMILES string of the molecule is CCc1cc(C(=O)Nc2cncc(C)c2)cc(NC)n1. The molecule has 0 aromatic carbocycles. The lowest BCUT2D eigenvalue weighted by atomic mass is 10.1. The highest BCUT2D eigenvalue weighted by atomic mass is 16.1. The van der Waals surface area contributed by atoms with Gasteiger partial charge in [0.15, 0.2) is 0 Å². The van der Waals surface area contributed by atoms with Crippen LogP contribution >= 0.6 is 0 Å². The molecule has 0 radical (unpaired) electrons. The van der Waals surface area contributed by atoms with Crippen molar-refractivity contribution in [1.82, 2.24) is 9.97 Å². The Labute approximate surface area is 118 Å². The average Bonchev–Trinajstić information content (AvgIpc) is 2.46. The van der Waals surface area contributed by atoms with Gasteiger partial charge in [0, 0.05) is 24.5 Å². The van der Waals surface area contributed by atoms with Crippen molar-refractivity contribution in [3.05, 3.63) is 47.4 Å². The quantitative estimate of drug-likeness (QED) is 0.896. The molecule has 0 fully saturated rings. The lowest BCUT2D eigenvalue weighted by molar-refractivity contribution is 0.102. The minimum atomic E-state index is -0.161. The molecule has 104 valence electrons. The van der Waals surface area contributed by atoms with Crippen LogP contribution in [-0.2, 0) is 6.42 Å². The van der Waals surface area contributed by atoms with Crippen molar-refractivity contribution in [3.8, 4) is 0 Å². The Balaban J connectivity index is 2.24. The summed E-state index contributed by atoms with van der Waals surface area (Å²) < 4.78 is 0. The van der Waals surface area contributed by atoms with Gasteiger partial charge in [0.05, 0.1) is 11.9 Å². The molecule has 2 aromatic heterocycles. The summed E-state index contributed by atoms with van der Waals surface area (Å²) in [7, 11) is 1.79. The standard InChI is InChI=1S/C15H18N4O/c1-4-12-6-11(7-14(16-3)18-12)15(20)19-13-5-10(2)8-17-9-13/h5-9H,4H2,1-3H3,(H,16,18)(H,19,20). The number of nitrogens with zero attached hydrogens (tertiary/aromatic N) is 2. The highest BCUT2D eigenvalue weighted by Crippen LogP contribution is 2.14. The minimum absolute atomic E-state index is 0.161. The largest absolute Gasteiger partial charge is 0.373 e. The van der Waals surface area contributed by atoms with E-state index in [1.807, 2.05) is 19.9 Å². The van der Waals surface area contributed by atoms with Gasteiger partial charge in [0.2, 0.25) is 0 Å². The number of nitrogens with one attached hydrogen (secondary N) is 2. The lowest BCUT2D eigenvalue weighted by Crippen LogP contribution is -2.13. The molecular formula is C15H18N4O. The molecule has 2 aromatic rings. The van der Waals surface area contributed by atoms with E-state index >= 15 is 0 Å². The van der Waals surface area contributed by atoms with E-state index in [4.69, 9.17) is 0 Å². The zero-order valence-electron chi connectivity index (χ0n) is 11.9. The Morgan fingerprint density at radius 2 is 2.05 bits per heavy atom. The molecule has 0 aliphatic rings. The van der Waals surface area contributed by atoms with Gasteiger partial charge in [-0.15, -0.1) is 0 Å². The monoisotopic (exact) mass is 270 g/mol. The summed E-state index contributed by atoms with van der Waals surface area (Å²) in [5.74, 6) is 0.530. The highest BCUT2D eigenvalue weighted by Gasteiger charge is 2.09. The Kier molecular flexibility index (Phi) is 4.30. The maximum absolute atomic E-state index is 12.3. The predicted molar refractivity (Wildman–Crippen MR) is 80.1 cm³/mol. The Morgan fingerprint density at radius 1 is 1.25 bits per heavy atom. The van der Waals surface area contributed by atoms with Crippen LogP contribution in [0.1, 0.15) is 28.5 Å². The molecule has 0 unspecified atom stereocenters. The molecule has 1 amide bonds. The summed E-state index contributed by atoms with van der Waals surface area (Å²) in [5, 5.41) is 5.81. The van der Waals surface area contributed by atoms with Crippen LogP contribution in [0.4, 0.5) is 11.5 Å². The zero-order chi connectivity index (χ0) is 14.5. The van der Waals surface area contributed by atoms with E-state index in [0.29, 0.717) is 17.1 Å². The van der Waals surface area contributed by atoms with Crippen LogP contribution in [0.25, 0.3) is 0 Å². The fourth-order valence-electron chi connectivity index (χ4n) is 1.85. The molecule has 0 aliphatic carbocycles. The van der Waals surface area contributed by atoms with E-state index in [0.717, 1.165) is 17.7 Å². The van der Waals surface area contributed by atoms with Crippen molar-refractivity contribution >= 4 is 17.4 Å². The van der Waals surface area contributed by atoms with Gasteiger partial charge in [0.25, 0.3) is 5.91 Å². The first-order chi connectivity index (χ1) is 9.62. The predicted octanol–water partition coefficient (Wildman–Crippen LogP) is 2.64. The van der Waals surface area contributed by atoms with Crippen molar-refractivity contribution in [2.24, 2.45) is 0 Å². The molecule has 0 spiro atoms. The first kappa shape index (κ1) is 14.0. The fraction of sp³-hybridized carbons (Fsp3) is 0.267. The number of carbonyl (C=O) groups excluding carboxylic acids is 1. The van der Waals surface area contributed by atoms with E-state index in [9.17, 15) is 4.79 Å². The summed E-state index contributed by atoms with van der Waals surface area (Å²) in [6.45, 7) is 3.94. The molecule has 20 heavy (non-hydrogen) atoms. The van der Waals surface area contributed by atoms with Gasteiger partial charge in [-0.25, -0.2) is 4.98 Å². The van der Waals surface area contributed by atoms with Gasteiger partial charge in [-0.05, 0) is 37.1 Å². The number of anilines is 2. The van der Waals surface area contributed by atoms with Gasteiger partial charge in [-0.1, -0.05) is 6.92 Å². The van der Waals surface area contributed by atoms with Crippen molar-refractivity contribution in [3.63, 3.8) is 0 Å². The molecule has 0 atom stereocenters. The number of aromatic nitrogens is 2. The molecule has 0 saturated heterocycles. The molecule has 5 heteroatoms. The molecule has 2 heterocycles. The van der Waals surface area contributed by atoms with E-state index in [2.05, 4.69) is 20.6 Å². The third-order valence-corrected chi connectivity index (χ3v) is 2.89. The average molecular weight is 270 g/mol. The first-order valence-electron chi connectivity index (χ1n) is 6.54. The number of aryl methyl sites for hydroxylation is 2. The first-order valence-corrected chi connectivity index (χ1v) is 6.54. The molecule has 0 saturated carbocycles. The van der Waals surface area contributed by atoms with Gasteiger partial charge in [-0.2, -0.15) is 0 Å². The van der Waals surface area contributed by atoms with Crippen LogP contribution in [0.2, 0.25) is 0 Å². The molecule has 0 aliphatic heterocycles. The van der Waals surface area contributed by atoms with E-state index in [1.165, 1.54) is 0 Å². The lowest BCUT2D eigenvalue weighted by Gasteiger charge is -2.09. The summed E-state index contributed by atoms with van der Waals surface area (Å²) in [4.78, 5) is 20.7. The summed E-state index contributed by atoms with van der Waals surface area (Å²) >= 11 is 0. The topological polar surface area (TPSA) is 66.9 Å². The van der Waals surface area contributed by atoms with Gasteiger partial charge < -0.3 is 10.6 Å². The minimum Gasteiger partial charge on any atom is -0.373 e. The van der Waals surface area contributed by atoms with Gasteiger partial charge in [-0.3, -0.25) is 9.78 Å².